The number of hydrogen-bond acceptors (Lipinski definition) is 3. The molecule has 0 aliphatic rings. The fraction of sp³-hybridized carbons (Fsp3) is 0.235. The summed E-state index contributed by atoms with van der Waals surface area (Å²) in [7, 11) is -3.79. The van der Waals surface area contributed by atoms with Crippen molar-refractivity contribution in [1.29, 1.82) is 0 Å². The fourth-order valence-electron chi connectivity index (χ4n) is 2.20. The fourth-order valence-corrected chi connectivity index (χ4v) is 3.90. The largest absolute Gasteiger partial charge is 0.325 e. The predicted octanol–water partition coefficient (Wildman–Crippen LogP) is 3.95. The number of carbonyl (C=O) groups is 1. The molecule has 0 aliphatic carbocycles. The minimum absolute atomic E-state index is 0.0884. The Hall–Kier alpha value is -1.60. The van der Waals surface area contributed by atoms with Gasteiger partial charge < -0.3 is 5.32 Å². The molecule has 25 heavy (non-hydrogen) atoms. The lowest BCUT2D eigenvalue weighted by atomic mass is 10.2. The molecule has 0 saturated carbocycles. The van der Waals surface area contributed by atoms with Crippen LogP contribution >= 0.6 is 23.2 Å². The van der Waals surface area contributed by atoms with Gasteiger partial charge in [0.15, 0.2) is 0 Å². The lowest BCUT2D eigenvalue weighted by Crippen LogP contribution is -2.37. The summed E-state index contributed by atoms with van der Waals surface area (Å²) in [6.45, 7) is 3.36. The summed E-state index contributed by atoms with van der Waals surface area (Å²) in [5.41, 5.74) is 1.39. The highest BCUT2D eigenvalue weighted by atomic mass is 35.5. The summed E-state index contributed by atoms with van der Waals surface area (Å²) in [4.78, 5) is 12.4. The monoisotopic (exact) mass is 400 g/mol. The van der Waals surface area contributed by atoms with E-state index in [9.17, 15) is 13.2 Å². The van der Waals surface area contributed by atoms with Crippen LogP contribution in [0.2, 0.25) is 10.0 Å². The number of aryl methyl sites for hydroxylation is 1. The number of hydrogen-bond donors (Lipinski definition) is 1. The van der Waals surface area contributed by atoms with Gasteiger partial charge in [-0.05, 0) is 48.9 Å². The molecule has 0 spiro atoms. The number of nitrogens with one attached hydrogen (secondary N) is 1. The summed E-state index contributed by atoms with van der Waals surface area (Å²) in [5.74, 6) is -0.440. The third-order valence-corrected chi connectivity index (χ3v) is 6.02. The van der Waals surface area contributed by atoms with Crippen LogP contribution in [0, 0.1) is 6.92 Å². The van der Waals surface area contributed by atoms with Gasteiger partial charge in [-0.1, -0.05) is 36.2 Å². The molecule has 1 amide bonds. The predicted molar refractivity (Wildman–Crippen MR) is 101 cm³/mol. The zero-order valence-electron chi connectivity index (χ0n) is 13.8. The average molecular weight is 401 g/mol. The van der Waals surface area contributed by atoms with Crippen molar-refractivity contribution >= 4 is 44.8 Å². The van der Waals surface area contributed by atoms with E-state index in [1.165, 1.54) is 24.3 Å². The molecule has 1 N–H and O–H groups in total. The highest BCUT2D eigenvalue weighted by molar-refractivity contribution is 7.89. The van der Waals surface area contributed by atoms with E-state index in [1.54, 1.807) is 25.1 Å². The van der Waals surface area contributed by atoms with Crippen molar-refractivity contribution in [3.63, 3.8) is 0 Å². The lowest BCUT2D eigenvalue weighted by molar-refractivity contribution is -0.116. The van der Waals surface area contributed by atoms with E-state index in [4.69, 9.17) is 23.2 Å². The lowest BCUT2D eigenvalue weighted by Gasteiger charge is -2.20. The molecule has 0 aromatic heterocycles. The van der Waals surface area contributed by atoms with Gasteiger partial charge >= 0.3 is 0 Å². The SMILES string of the molecule is CCN(CC(=O)Nc1cc(Cl)ccc1C)S(=O)(=O)c1ccc(Cl)cc1. The van der Waals surface area contributed by atoms with Crippen LogP contribution in [-0.2, 0) is 14.8 Å². The molecule has 2 aromatic carbocycles. The number of nitrogens with zero attached hydrogens (tertiary/aromatic N) is 1. The molecule has 0 atom stereocenters. The highest BCUT2D eigenvalue weighted by Crippen LogP contribution is 2.21. The standard InChI is InChI=1S/C17H18Cl2N2O3S/c1-3-21(25(23,24)15-8-6-13(18)7-9-15)11-17(22)20-16-10-14(19)5-4-12(16)2/h4-10H,3,11H2,1-2H3,(H,20,22). The van der Waals surface area contributed by atoms with Gasteiger partial charge in [-0.25, -0.2) is 8.42 Å². The van der Waals surface area contributed by atoms with Crippen LogP contribution in [0.15, 0.2) is 47.4 Å². The molecule has 0 heterocycles. The van der Waals surface area contributed by atoms with Gasteiger partial charge in [0.2, 0.25) is 15.9 Å². The second-order valence-electron chi connectivity index (χ2n) is 5.39. The molecule has 0 saturated heterocycles. The number of anilines is 1. The van der Waals surface area contributed by atoms with E-state index in [0.717, 1.165) is 9.87 Å². The summed E-state index contributed by atoms with van der Waals surface area (Å²) < 4.78 is 26.4. The normalized spacial score (nSPS) is 11.6. The number of sulfonamides is 1. The molecule has 0 radical (unpaired) electrons. The van der Waals surface area contributed by atoms with Crippen LogP contribution in [0.5, 0.6) is 0 Å². The first-order valence-corrected chi connectivity index (χ1v) is 9.75. The van der Waals surface area contributed by atoms with Crippen molar-refractivity contribution in [3.8, 4) is 0 Å². The zero-order valence-corrected chi connectivity index (χ0v) is 16.1. The van der Waals surface area contributed by atoms with Gasteiger partial charge in [0.1, 0.15) is 0 Å². The van der Waals surface area contributed by atoms with Crippen molar-refractivity contribution in [1.82, 2.24) is 4.31 Å². The van der Waals surface area contributed by atoms with Gasteiger partial charge in [0.05, 0.1) is 11.4 Å². The molecule has 8 heteroatoms. The van der Waals surface area contributed by atoms with Gasteiger partial charge in [-0.2, -0.15) is 4.31 Å². The Kier molecular flexibility index (Phi) is 6.46. The number of carbonyl (C=O) groups excluding carboxylic acids is 1. The van der Waals surface area contributed by atoms with E-state index >= 15 is 0 Å². The number of rotatable bonds is 6. The molecule has 0 fully saturated rings. The first-order valence-electron chi connectivity index (χ1n) is 7.55. The molecule has 0 aliphatic heterocycles. The Morgan fingerprint density at radius 2 is 1.68 bits per heavy atom. The van der Waals surface area contributed by atoms with Crippen molar-refractivity contribution < 1.29 is 13.2 Å². The molecule has 2 aromatic rings. The van der Waals surface area contributed by atoms with E-state index in [1.807, 2.05) is 6.92 Å². The smallest absolute Gasteiger partial charge is 0.243 e. The van der Waals surface area contributed by atoms with Gasteiger partial charge in [-0.3, -0.25) is 4.79 Å². The molecule has 0 bridgehead atoms. The third kappa shape index (κ3) is 4.95. The Balaban J connectivity index is 2.16. The van der Waals surface area contributed by atoms with Gasteiger partial charge in [0.25, 0.3) is 0 Å². The third-order valence-electron chi connectivity index (χ3n) is 3.60. The van der Waals surface area contributed by atoms with Crippen LogP contribution in [0.1, 0.15) is 12.5 Å². The second-order valence-corrected chi connectivity index (χ2v) is 8.20. The van der Waals surface area contributed by atoms with Crippen molar-refractivity contribution in [2.75, 3.05) is 18.4 Å². The number of benzene rings is 2. The number of amides is 1. The summed E-state index contributed by atoms with van der Waals surface area (Å²) >= 11 is 11.7. The first kappa shape index (κ1) is 19.7. The highest BCUT2D eigenvalue weighted by Gasteiger charge is 2.25. The van der Waals surface area contributed by atoms with Gasteiger partial charge in [-0.15, -0.1) is 0 Å². The summed E-state index contributed by atoms with van der Waals surface area (Å²) in [5, 5.41) is 3.63. The van der Waals surface area contributed by atoms with Crippen LogP contribution in [0.4, 0.5) is 5.69 Å². The molecular weight excluding hydrogens is 383 g/mol. The van der Waals surface area contributed by atoms with Crippen LogP contribution in [-0.4, -0.2) is 31.7 Å². The van der Waals surface area contributed by atoms with E-state index in [0.29, 0.717) is 15.7 Å². The van der Waals surface area contributed by atoms with E-state index < -0.39 is 15.9 Å². The minimum atomic E-state index is -3.79. The van der Waals surface area contributed by atoms with E-state index in [2.05, 4.69) is 5.32 Å². The molecule has 134 valence electrons. The maximum atomic E-state index is 12.7. The molecule has 2 rings (SSSR count). The Morgan fingerprint density at radius 1 is 1.08 bits per heavy atom. The average Bonchev–Trinajstić information content (AvgIpc) is 2.56. The van der Waals surface area contributed by atoms with Crippen LogP contribution < -0.4 is 5.32 Å². The maximum absolute atomic E-state index is 12.7. The van der Waals surface area contributed by atoms with E-state index in [-0.39, 0.29) is 18.0 Å². The van der Waals surface area contributed by atoms with Crippen molar-refractivity contribution in [2.24, 2.45) is 0 Å². The Bertz CT molecular complexity index is 868. The molecule has 0 unspecified atom stereocenters. The maximum Gasteiger partial charge on any atom is 0.243 e. The minimum Gasteiger partial charge on any atom is -0.325 e. The van der Waals surface area contributed by atoms with Crippen molar-refractivity contribution in [3.05, 3.63) is 58.1 Å². The molecular formula is C17H18Cl2N2O3S. The molecule has 5 nitrogen and oxygen atoms in total. The van der Waals surface area contributed by atoms with Crippen LogP contribution in [0.25, 0.3) is 0 Å². The quantitative estimate of drug-likeness (QED) is 0.797. The Labute approximate surface area is 157 Å². The van der Waals surface area contributed by atoms with Crippen molar-refractivity contribution in [2.45, 2.75) is 18.7 Å². The topological polar surface area (TPSA) is 66.5 Å². The van der Waals surface area contributed by atoms with Crippen LogP contribution in [0.3, 0.4) is 0 Å². The first-order chi connectivity index (χ1) is 11.7. The zero-order chi connectivity index (χ0) is 18.6. The summed E-state index contributed by atoms with van der Waals surface area (Å²) in [6, 6.07) is 10.9. The summed E-state index contributed by atoms with van der Waals surface area (Å²) in [6.07, 6.45) is 0. The Morgan fingerprint density at radius 3 is 2.28 bits per heavy atom. The number of likely N-dealkylation sites (N-methyl/N-ethyl adjacent to an activating group) is 1. The number of halogens is 2. The second kappa shape index (κ2) is 8.19. The van der Waals surface area contributed by atoms with Gasteiger partial charge in [0, 0.05) is 22.3 Å².